The number of methoxy groups -OCH3 is 1. The van der Waals surface area contributed by atoms with Crippen LogP contribution in [0.1, 0.15) is 36.3 Å². The van der Waals surface area contributed by atoms with E-state index in [-0.39, 0.29) is 24.3 Å². The molecule has 0 spiro atoms. The zero-order chi connectivity index (χ0) is 25.5. The van der Waals surface area contributed by atoms with Crippen molar-refractivity contribution < 1.29 is 24.2 Å². The Balaban J connectivity index is 1.59. The van der Waals surface area contributed by atoms with Crippen LogP contribution in [0.3, 0.4) is 0 Å². The number of piperazine rings is 1. The van der Waals surface area contributed by atoms with Gasteiger partial charge in [-0.1, -0.05) is 60.7 Å². The Morgan fingerprint density at radius 3 is 2.17 bits per heavy atom. The molecular formula is C28H35N3O5. The Hall–Kier alpha value is -3.39. The number of carboxylic acids is 1. The summed E-state index contributed by atoms with van der Waals surface area (Å²) in [5.41, 5.74) is 1.87. The van der Waals surface area contributed by atoms with Gasteiger partial charge in [-0.25, -0.2) is 4.79 Å². The summed E-state index contributed by atoms with van der Waals surface area (Å²) < 4.78 is 4.98. The minimum Gasteiger partial charge on any atom is -0.481 e. The van der Waals surface area contributed by atoms with Crippen molar-refractivity contribution in [2.75, 3.05) is 46.4 Å². The predicted molar refractivity (Wildman–Crippen MR) is 136 cm³/mol. The highest BCUT2D eigenvalue weighted by Gasteiger charge is 2.38. The summed E-state index contributed by atoms with van der Waals surface area (Å²) in [5.74, 6) is -1.11. The number of aliphatic carboxylic acids is 1. The first-order chi connectivity index (χ1) is 17.5. The smallest absolute Gasteiger partial charge is 0.409 e. The maximum atomic E-state index is 14.2. The molecule has 0 radical (unpaired) electrons. The number of benzene rings is 2. The van der Waals surface area contributed by atoms with Crippen molar-refractivity contribution in [1.82, 2.24) is 14.7 Å². The van der Waals surface area contributed by atoms with E-state index < -0.39 is 18.0 Å². The molecule has 2 aromatic rings. The molecule has 0 aromatic heterocycles. The van der Waals surface area contributed by atoms with E-state index in [9.17, 15) is 19.5 Å². The van der Waals surface area contributed by atoms with E-state index >= 15 is 0 Å². The Kier molecular flexibility index (Phi) is 8.59. The van der Waals surface area contributed by atoms with Gasteiger partial charge in [0.05, 0.1) is 19.1 Å². The lowest BCUT2D eigenvalue weighted by atomic mass is 9.89. The fraction of sp³-hybridized carbons (Fsp3) is 0.464. The lowest BCUT2D eigenvalue weighted by molar-refractivity contribution is -0.138. The van der Waals surface area contributed by atoms with Gasteiger partial charge in [0, 0.05) is 39.1 Å². The Bertz CT molecular complexity index is 992. The summed E-state index contributed by atoms with van der Waals surface area (Å²) in [7, 11) is 1.37. The molecule has 0 saturated carbocycles. The molecule has 2 aromatic carbocycles. The fourth-order valence-corrected chi connectivity index (χ4v) is 5.56. The maximum Gasteiger partial charge on any atom is 0.409 e. The van der Waals surface area contributed by atoms with E-state index in [0.29, 0.717) is 32.7 Å². The number of likely N-dealkylation sites (tertiary alicyclic amines) is 1. The van der Waals surface area contributed by atoms with Crippen LogP contribution in [0, 0.1) is 5.92 Å². The third kappa shape index (κ3) is 6.23. The van der Waals surface area contributed by atoms with E-state index in [1.807, 2.05) is 65.6 Å². The zero-order valence-corrected chi connectivity index (χ0v) is 20.8. The zero-order valence-electron chi connectivity index (χ0n) is 20.8. The van der Waals surface area contributed by atoms with Gasteiger partial charge in [-0.3, -0.25) is 9.59 Å². The van der Waals surface area contributed by atoms with Crippen LogP contribution in [-0.4, -0.2) is 90.2 Å². The number of piperidine rings is 1. The van der Waals surface area contributed by atoms with E-state index in [1.54, 1.807) is 4.90 Å². The first-order valence-corrected chi connectivity index (χ1v) is 12.6. The molecule has 2 saturated heterocycles. The van der Waals surface area contributed by atoms with E-state index in [1.165, 1.54) is 7.11 Å². The number of hydrogen-bond donors (Lipinski definition) is 1. The normalized spacial score (nSPS) is 20.8. The number of carbonyl (C=O) groups excluding carboxylic acids is 2. The second kappa shape index (κ2) is 12.0. The van der Waals surface area contributed by atoms with Crippen LogP contribution in [0.4, 0.5) is 4.79 Å². The summed E-state index contributed by atoms with van der Waals surface area (Å²) in [5, 5.41) is 9.26. The Morgan fingerprint density at radius 1 is 0.944 bits per heavy atom. The second-order valence-corrected chi connectivity index (χ2v) is 9.72. The first-order valence-electron chi connectivity index (χ1n) is 12.6. The summed E-state index contributed by atoms with van der Waals surface area (Å²) in [6, 6.07) is 19.4. The number of ether oxygens (including phenoxy) is 1. The topological polar surface area (TPSA) is 90.4 Å². The third-order valence-electron chi connectivity index (χ3n) is 7.25. The van der Waals surface area contributed by atoms with Crippen LogP contribution in [0.5, 0.6) is 0 Å². The van der Waals surface area contributed by atoms with Crippen molar-refractivity contribution in [3.8, 4) is 0 Å². The van der Waals surface area contributed by atoms with Gasteiger partial charge >= 0.3 is 12.1 Å². The van der Waals surface area contributed by atoms with Crippen molar-refractivity contribution in [2.24, 2.45) is 5.92 Å². The number of nitrogens with zero attached hydrogens (tertiary/aromatic N) is 3. The van der Waals surface area contributed by atoms with Gasteiger partial charge < -0.3 is 24.5 Å². The molecule has 0 aliphatic carbocycles. The highest BCUT2D eigenvalue weighted by Crippen LogP contribution is 2.29. The van der Waals surface area contributed by atoms with Gasteiger partial charge in [0.15, 0.2) is 0 Å². The molecule has 2 heterocycles. The number of amides is 2. The van der Waals surface area contributed by atoms with Crippen LogP contribution in [0.2, 0.25) is 0 Å². The molecule has 2 amide bonds. The summed E-state index contributed by atoms with van der Waals surface area (Å²) in [6.07, 6.45) is 1.59. The maximum absolute atomic E-state index is 14.2. The largest absolute Gasteiger partial charge is 0.481 e. The van der Waals surface area contributed by atoms with Crippen molar-refractivity contribution in [3.05, 3.63) is 71.8 Å². The molecule has 2 fully saturated rings. The Labute approximate surface area is 212 Å². The predicted octanol–water partition coefficient (Wildman–Crippen LogP) is 3.28. The molecule has 2 atom stereocenters. The summed E-state index contributed by atoms with van der Waals surface area (Å²) in [4.78, 5) is 43.7. The third-order valence-corrected chi connectivity index (χ3v) is 7.25. The van der Waals surface area contributed by atoms with E-state index in [2.05, 4.69) is 4.90 Å². The second-order valence-electron chi connectivity index (χ2n) is 9.72. The molecule has 2 unspecified atom stereocenters. The molecule has 0 bridgehead atoms. The molecule has 2 aliphatic heterocycles. The fourth-order valence-electron chi connectivity index (χ4n) is 5.56. The van der Waals surface area contributed by atoms with Crippen molar-refractivity contribution in [3.63, 3.8) is 0 Å². The molecule has 4 rings (SSSR count). The van der Waals surface area contributed by atoms with Gasteiger partial charge in [0.1, 0.15) is 0 Å². The van der Waals surface area contributed by atoms with Crippen molar-refractivity contribution in [2.45, 2.75) is 31.2 Å². The number of hydrogen-bond acceptors (Lipinski definition) is 5. The molecule has 8 heteroatoms. The van der Waals surface area contributed by atoms with Gasteiger partial charge in [-0.15, -0.1) is 0 Å². The van der Waals surface area contributed by atoms with E-state index in [4.69, 9.17) is 4.74 Å². The average Bonchev–Trinajstić information content (AvgIpc) is 2.89. The van der Waals surface area contributed by atoms with Gasteiger partial charge in [-0.05, 0) is 36.4 Å². The van der Waals surface area contributed by atoms with Gasteiger partial charge in [-0.2, -0.15) is 0 Å². The van der Waals surface area contributed by atoms with Crippen LogP contribution >= 0.6 is 0 Å². The standard InChI is InChI=1S/C28H35N3O5/c1-36-28(35)30-15-16-31(24(20-30)19-29-14-8-9-21(18-29)17-25(32)33)27(34)26(22-10-4-2-5-11-22)23-12-6-3-7-13-23/h2-7,10-13,21,24,26H,8-9,14-20H2,1H3,(H,32,33). The quantitative estimate of drug-likeness (QED) is 0.637. The molecule has 2 aliphatic rings. The van der Waals surface area contributed by atoms with Crippen LogP contribution < -0.4 is 0 Å². The lowest BCUT2D eigenvalue weighted by Gasteiger charge is -2.45. The van der Waals surface area contributed by atoms with Crippen molar-refractivity contribution in [1.29, 1.82) is 0 Å². The SMILES string of the molecule is COC(=O)N1CCN(C(=O)C(c2ccccc2)c2ccccc2)C(CN2CCCC(CC(=O)O)C2)C1. The van der Waals surface area contributed by atoms with Crippen LogP contribution in [-0.2, 0) is 14.3 Å². The number of rotatable bonds is 7. The van der Waals surface area contributed by atoms with Crippen LogP contribution in [0.15, 0.2) is 60.7 Å². The Morgan fingerprint density at radius 2 is 1.58 bits per heavy atom. The summed E-state index contributed by atoms with van der Waals surface area (Å²) >= 11 is 0. The summed E-state index contributed by atoms with van der Waals surface area (Å²) in [6.45, 7) is 3.34. The monoisotopic (exact) mass is 493 g/mol. The van der Waals surface area contributed by atoms with Crippen LogP contribution in [0.25, 0.3) is 0 Å². The minimum atomic E-state index is -0.776. The minimum absolute atomic E-state index is 0.0148. The highest BCUT2D eigenvalue weighted by molar-refractivity contribution is 5.88. The van der Waals surface area contributed by atoms with Gasteiger partial charge in [0.2, 0.25) is 5.91 Å². The number of carbonyl (C=O) groups is 3. The highest BCUT2D eigenvalue weighted by atomic mass is 16.5. The molecule has 1 N–H and O–H groups in total. The molecular weight excluding hydrogens is 458 g/mol. The average molecular weight is 494 g/mol. The molecule has 8 nitrogen and oxygen atoms in total. The number of carboxylic acid groups (broad SMARTS) is 1. The molecule has 36 heavy (non-hydrogen) atoms. The first kappa shape index (κ1) is 25.7. The van der Waals surface area contributed by atoms with Gasteiger partial charge in [0.25, 0.3) is 0 Å². The molecule has 192 valence electrons. The lowest BCUT2D eigenvalue weighted by Crippen LogP contribution is -2.61. The van der Waals surface area contributed by atoms with E-state index in [0.717, 1.165) is 30.5 Å². The van der Waals surface area contributed by atoms with Crippen molar-refractivity contribution >= 4 is 18.0 Å².